The van der Waals surface area contributed by atoms with Gasteiger partial charge in [0.05, 0.1) is 10.5 Å². The lowest BCUT2D eigenvalue weighted by Crippen LogP contribution is -2.37. The summed E-state index contributed by atoms with van der Waals surface area (Å²) < 4.78 is 26.6. The second kappa shape index (κ2) is 4.31. The molecule has 2 unspecified atom stereocenters. The van der Waals surface area contributed by atoms with E-state index < -0.39 is 16.0 Å². The molecule has 0 spiro atoms. The van der Waals surface area contributed by atoms with E-state index in [1.807, 2.05) is 0 Å². The molecule has 1 saturated carbocycles. The van der Waals surface area contributed by atoms with E-state index in [-0.39, 0.29) is 16.5 Å². The number of hydrogen-bond donors (Lipinski definition) is 1. The summed E-state index contributed by atoms with van der Waals surface area (Å²) in [5, 5.41) is 8.94. The Morgan fingerprint density at radius 3 is 2.68 bits per heavy atom. The van der Waals surface area contributed by atoms with Crippen molar-refractivity contribution in [2.45, 2.75) is 30.2 Å². The first kappa shape index (κ1) is 12.6. The van der Waals surface area contributed by atoms with Crippen molar-refractivity contribution in [3.05, 3.63) is 29.8 Å². The van der Waals surface area contributed by atoms with Gasteiger partial charge < -0.3 is 5.11 Å². The third kappa shape index (κ3) is 2.04. The zero-order chi connectivity index (χ0) is 13.6. The Morgan fingerprint density at radius 1 is 1.32 bits per heavy atom. The molecule has 1 aromatic rings. The maximum absolute atomic E-state index is 12.5. The second-order valence-corrected chi connectivity index (χ2v) is 7.13. The smallest absolute Gasteiger partial charge is 0.335 e. The number of hydrogen-bond acceptors (Lipinski definition) is 3. The molecule has 0 amide bonds. The highest BCUT2D eigenvalue weighted by molar-refractivity contribution is 7.89. The highest BCUT2D eigenvalue weighted by Crippen LogP contribution is 2.40. The van der Waals surface area contributed by atoms with Crippen LogP contribution in [0.4, 0.5) is 0 Å². The molecule has 0 aromatic heterocycles. The minimum absolute atomic E-state index is 0.00503. The first-order valence-corrected chi connectivity index (χ1v) is 7.77. The number of aromatic carboxylic acids is 1. The number of fused-ring (bicyclic) bond motifs is 2. The summed E-state index contributed by atoms with van der Waals surface area (Å²) in [7, 11) is -3.56. The van der Waals surface area contributed by atoms with Gasteiger partial charge in [-0.25, -0.2) is 13.2 Å². The molecule has 19 heavy (non-hydrogen) atoms. The van der Waals surface area contributed by atoms with Gasteiger partial charge >= 0.3 is 5.97 Å². The van der Waals surface area contributed by atoms with E-state index in [2.05, 4.69) is 0 Å². The van der Waals surface area contributed by atoms with Crippen LogP contribution in [0.2, 0.25) is 0 Å². The van der Waals surface area contributed by atoms with Gasteiger partial charge in [0.2, 0.25) is 10.0 Å². The molecular weight excluding hydrogens is 266 g/mol. The molecule has 102 valence electrons. The summed E-state index contributed by atoms with van der Waals surface area (Å²) in [4.78, 5) is 11.0. The highest BCUT2D eigenvalue weighted by Gasteiger charge is 2.44. The quantitative estimate of drug-likeness (QED) is 0.912. The lowest BCUT2D eigenvalue weighted by atomic mass is 10.1. The average molecular weight is 281 g/mol. The first-order valence-electron chi connectivity index (χ1n) is 6.33. The lowest BCUT2D eigenvalue weighted by molar-refractivity contribution is 0.0696. The number of carboxylic acid groups (broad SMARTS) is 1. The van der Waals surface area contributed by atoms with Gasteiger partial charge in [0.1, 0.15) is 0 Å². The van der Waals surface area contributed by atoms with Crippen LogP contribution in [0.25, 0.3) is 0 Å². The molecule has 2 bridgehead atoms. The largest absolute Gasteiger partial charge is 0.478 e. The summed E-state index contributed by atoms with van der Waals surface area (Å²) >= 11 is 0. The van der Waals surface area contributed by atoms with Crippen LogP contribution in [-0.2, 0) is 10.0 Å². The fourth-order valence-electron chi connectivity index (χ4n) is 3.10. The number of nitrogens with zero attached hydrogens (tertiary/aromatic N) is 1. The summed E-state index contributed by atoms with van der Waals surface area (Å²) in [6, 6.07) is 5.68. The van der Waals surface area contributed by atoms with Crippen molar-refractivity contribution in [1.82, 2.24) is 4.31 Å². The molecule has 2 atom stereocenters. The number of benzene rings is 1. The first-order chi connectivity index (χ1) is 8.98. The molecular formula is C13H15NO4S. The third-order valence-electron chi connectivity index (χ3n) is 4.05. The Labute approximate surface area is 111 Å². The van der Waals surface area contributed by atoms with Crippen LogP contribution in [0.3, 0.4) is 0 Å². The predicted octanol–water partition coefficient (Wildman–Crippen LogP) is 1.56. The molecule has 2 fully saturated rings. The van der Waals surface area contributed by atoms with E-state index in [4.69, 9.17) is 5.11 Å². The van der Waals surface area contributed by atoms with E-state index >= 15 is 0 Å². The summed E-state index contributed by atoms with van der Waals surface area (Å²) in [6.07, 6.45) is 2.96. The van der Waals surface area contributed by atoms with Crippen molar-refractivity contribution in [3.8, 4) is 0 Å². The van der Waals surface area contributed by atoms with Crippen molar-refractivity contribution in [3.63, 3.8) is 0 Å². The summed E-state index contributed by atoms with van der Waals surface area (Å²) in [5.74, 6) is -0.637. The van der Waals surface area contributed by atoms with Crippen LogP contribution >= 0.6 is 0 Å². The van der Waals surface area contributed by atoms with Crippen LogP contribution in [0.15, 0.2) is 29.2 Å². The zero-order valence-corrected chi connectivity index (χ0v) is 11.1. The van der Waals surface area contributed by atoms with Crippen LogP contribution in [0.1, 0.15) is 29.6 Å². The van der Waals surface area contributed by atoms with Crippen molar-refractivity contribution in [1.29, 1.82) is 0 Å². The van der Waals surface area contributed by atoms with Crippen LogP contribution < -0.4 is 0 Å². The molecule has 1 aromatic carbocycles. The Morgan fingerprint density at radius 2 is 2.11 bits per heavy atom. The molecule has 2 aliphatic rings. The highest BCUT2D eigenvalue weighted by atomic mass is 32.2. The van der Waals surface area contributed by atoms with Gasteiger partial charge in [-0.15, -0.1) is 0 Å². The van der Waals surface area contributed by atoms with Gasteiger partial charge in [-0.05, 0) is 43.4 Å². The number of sulfonamides is 1. The maximum Gasteiger partial charge on any atom is 0.335 e. The van der Waals surface area contributed by atoms with Gasteiger partial charge in [-0.2, -0.15) is 4.31 Å². The topological polar surface area (TPSA) is 74.7 Å². The van der Waals surface area contributed by atoms with Crippen LogP contribution in [-0.4, -0.2) is 36.4 Å². The second-order valence-electron chi connectivity index (χ2n) is 5.24. The fourth-order valence-corrected chi connectivity index (χ4v) is 4.89. The van der Waals surface area contributed by atoms with Gasteiger partial charge in [0.15, 0.2) is 0 Å². The molecule has 3 rings (SSSR count). The Balaban J connectivity index is 1.96. The van der Waals surface area contributed by atoms with Crippen LogP contribution in [0.5, 0.6) is 0 Å². The number of piperidine rings is 1. The van der Waals surface area contributed by atoms with E-state index in [0.29, 0.717) is 12.5 Å². The molecule has 1 heterocycles. The third-order valence-corrected chi connectivity index (χ3v) is 5.96. The summed E-state index contributed by atoms with van der Waals surface area (Å²) in [6.45, 7) is 0.574. The number of rotatable bonds is 3. The molecule has 6 heteroatoms. The lowest BCUT2D eigenvalue weighted by Gasteiger charge is -2.26. The standard InChI is InChI=1S/C13H15NO4S/c15-13(16)10-2-1-3-12(7-10)19(17,18)14-8-9-4-5-11(14)6-9/h1-3,7,9,11H,4-6,8H2,(H,15,16). The minimum atomic E-state index is -3.56. The van der Waals surface area contributed by atoms with E-state index in [1.54, 1.807) is 4.31 Å². The van der Waals surface area contributed by atoms with Crippen molar-refractivity contribution < 1.29 is 18.3 Å². The van der Waals surface area contributed by atoms with Crippen LogP contribution in [0, 0.1) is 5.92 Å². The minimum Gasteiger partial charge on any atom is -0.478 e. The van der Waals surface area contributed by atoms with Crippen molar-refractivity contribution in [2.75, 3.05) is 6.54 Å². The van der Waals surface area contributed by atoms with E-state index in [9.17, 15) is 13.2 Å². The number of carbonyl (C=O) groups is 1. The molecule has 5 nitrogen and oxygen atoms in total. The Kier molecular flexibility index (Phi) is 2.87. The molecule has 1 N–H and O–H groups in total. The molecule has 0 radical (unpaired) electrons. The zero-order valence-electron chi connectivity index (χ0n) is 10.3. The fraction of sp³-hybridized carbons (Fsp3) is 0.462. The molecule has 1 aliphatic heterocycles. The molecule has 1 aliphatic carbocycles. The number of carboxylic acids is 1. The Hall–Kier alpha value is -1.40. The Bertz CT molecular complexity index is 625. The summed E-state index contributed by atoms with van der Waals surface area (Å²) in [5.41, 5.74) is 0.00503. The SMILES string of the molecule is O=C(O)c1cccc(S(=O)(=O)N2CC3CCC2C3)c1. The maximum atomic E-state index is 12.5. The molecule has 1 saturated heterocycles. The van der Waals surface area contributed by atoms with Crippen molar-refractivity contribution in [2.24, 2.45) is 5.92 Å². The van der Waals surface area contributed by atoms with Gasteiger partial charge in [-0.3, -0.25) is 0 Å². The van der Waals surface area contributed by atoms with Gasteiger partial charge in [0.25, 0.3) is 0 Å². The normalized spacial score (nSPS) is 26.7. The monoisotopic (exact) mass is 281 g/mol. The average Bonchev–Trinajstić information content (AvgIpc) is 3.01. The van der Waals surface area contributed by atoms with Gasteiger partial charge in [-0.1, -0.05) is 6.07 Å². The van der Waals surface area contributed by atoms with E-state index in [0.717, 1.165) is 19.3 Å². The predicted molar refractivity (Wildman–Crippen MR) is 68.4 cm³/mol. The van der Waals surface area contributed by atoms with Crippen molar-refractivity contribution >= 4 is 16.0 Å². The van der Waals surface area contributed by atoms with Gasteiger partial charge in [0, 0.05) is 12.6 Å². The van der Waals surface area contributed by atoms with E-state index in [1.165, 1.54) is 24.3 Å².